The molecule has 1 heterocycles. The minimum Gasteiger partial charge on any atom is -0.453 e. The van der Waals surface area contributed by atoms with E-state index in [9.17, 15) is 19.5 Å². The zero-order chi connectivity index (χ0) is 34.0. The SMILES string of the molecule is CCc1cccc(-c2c(Cl)cccc2[C@](O)(CCCNC(=O)OC)[C@@H]2CCCN(C(=O)c3ccc(CNC)cc3CCC(N)=O)C2)c1. The number of aliphatic hydroxyl groups is 1. The number of alkyl carbamates (subject to hydrolysis) is 1. The maximum atomic E-state index is 14.2. The van der Waals surface area contributed by atoms with E-state index in [2.05, 4.69) is 29.7 Å². The number of halogens is 1. The largest absolute Gasteiger partial charge is 0.453 e. The van der Waals surface area contributed by atoms with Gasteiger partial charge < -0.3 is 31.1 Å². The Labute approximate surface area is 282 Å². The number of aryl methyl sites for hydroxylation is 2. The van der Waals surface area contributed by atoms with E-state index in [4.69, 9.17) is 22.1 Å². The van der Waals surface area contributed by atoms with Crippen molar-refractivity contribution in [2.45, 2.75) is 64.0 Å². The number of carbonyl (C=O) groups excluding carboxylic acids is 3. The minimum absolute atomic E-state index is 0.137. The van der Waals surface area contributed by atoms with Crippen LogP contribution in [0.5, 0.6) is 0 Å². The molecule has 3 amide bonds. The van der Waals surface area contributed by atoms with Crippen molar-refractivity contribution in [3.8, 4) is 11.1 Å². The molecule has 1 saturated heterocycles. The molecule has 0 unspecified atom stereocenters. The lowest BCUT2D eigenvalue weighted by Crippen LogP contribution is -2.48. The Balaban J connectivity index is 1.72. The van der Waals surface area contributed by atoms with E-state index in [1.807, 2.05) is 60.5 Å². The molecule has 9 nitrogen and oxygen atoms in total. The zero-order valence-corrected chi connectivity index (χ0v) is 28.4. The van der Waals surface area contributed by atoms with Gasteiger partial charge in [-0.15, -0.1) is 0 Å². The van der Waals surface area contributed by atoms with Crippen molar-refractivity contribution in [1.82, 2.24) is 15.5 Å². The molecule has 3 aromatic carbocycles. The van der Waals surface area contributed by atoms with Crippen LogP contribution in [-0.4, -0.2) is 61.7 Å². The van der Waals surface area contributed by atoms with E-state index in [0.29, 0.717) is 74.4 Å². The first kappa shape index (κ1) is 35.9. The Morgan fingerprint density at radius 1 is 1.11 bits per heavy atom. The molecule has 1 aliphatic heterocycles. The molecule has 47 heavy (non-hydrogen) atoms. The fourth-order valence-electron chi connectivity index (χ4n) is 6.66. The number of primary amides is 1. The Kier molecular flexibility index (Phi) is 12.8. The van der Waals surface area contributed by atoms with Crippen LogP contribution in [-0.2, 0) is 34.5 Å². The molecule has 0 aliphatic carbocycles. The van der Waals surface area contributed by atoms with Crippen molar-refractivity contribution in [2.75, 3.05) is 33.8 Å². The van der Waals surface area contributed by atoms with Gasteiger partial charge in [-0.05, 0) is 85.5 Å². The van der Waals surface area contributed by atoms with Crippen LogP contribution < -0.4 is 16.4 Å². The van der Waals surface area contributed by atoms with Crippen LogP contribution in [0.2, 0.25) is 5.02 Å². The van der Waals surface area contributed by atoms with Crippen LogP contribution in [0.15, 0.2) is 60.7 Å². The standard InChI is InChI=1S/C37H47ClN4O5/c1-4-25-9-5-10-28(21-25)34-31(12-6-13-32(34)38)37(46,18-8-19-41-36(45)47-3)29-11-7-20-42(24-29)35(44)30-16-14-26(23-40-2)22-27(30)15-17-33(39)43/h5-6,9-10,12-14,16,21-22,29,40,46H,4,7-8,11,15,17-20,23-24H2,1-3H3,(H2,39,43)(H,41,45)/t29-,37+/m1/s1. The highest BCUT2D eigenvalue weighted by atomic mass is 35.5. The highest BCUT2D eigenvalue weighted by Crippen LogP contribution is 2.46. The molecule has 10 heteroatoms. The Morgan fingerprint density at radius 2 is 1.89 bits per heavy atom. The van der Waals surface area contributed by atoms with Crippen LogP contribution in [0.4, 0.5) is 4.79 Å². The van der Waals surface area contributed by atoms with Gasteiger partial charge in [-0.1, -0.05) is 67.1 Å². The third-order valence-electron chi connectivity index (χ3n) is 9.10. The molecule has 3 aromatic rings. The van der Waals surface area contributed by atoms with Gasteiger partial charge in [-0.2, -0.15) is 0 Å². The van der Waals surface area contributed by atoms with E-state index in [0.717, 1.165) is 34.2 Å². The molecule has 0 radical (unpaired) electrons. The lowest BCUT2D eigenvalue weighted by atomic mass is 9.72. The second-order valence-corrected chi connectivity index (χ2v) is 12.6. The third-order valence-corrected chi connectivity index (χ3v) is 9.41. The summed E-state index contributed by atoms with van der Waals surface area (Å²) in [7, 11) is 3.17. The van der Waals surface area contributed by atoms with Crippen molar-refractivity contribution >= 4 is 29.5 Å². The number of nitrogens with one attached hydrogen (secondary N) is 2. The van der Waals surface area contributed by atoms with E-state index >= 15 is 0 Å². The predicted octanol–water partition coefficient (Wildman–Crippen LogP) is 5.58. The minimum atomic E-state index is -1.37. The third kappa shape index (κ3) is 8.91. The number of likely N-dealkylation sites (tertiary alicyclic amines) is 1. The lowest BCUT2D eigenvalue weighted by Gasteiger charge is -2.44. The number of carbonyl (C=O) groups is 3. The summed E-state index contributed by atoms with van der Waals surface area (Å²) in [6.45, 7) is 3.91. The van der Waals surface area contributed by atoms with Gasteiger partial charge in [-0.3, -0.25) is 9.59 Å². The van der Waals surface area contributed by atoms with Gasteiger partial charge in [-0.25, -0.2) is 4.79 Å². The number of hydrogen-bond acceptors (Lipinski definition) is 6. The van der Waals surface area contributed by atoms with Crippen LogP contribution >= 0.6 is 11.6 Å². The van der Waals surface area contributed by atoms with Gasteiger partial charge >= 0.3 is 6.09 Å². The van der Waals surface area contributed by atoms with Crippen LogP contribution in [0.1, 0.15) is 71.6 Å². The molecular formula is C37H47ClN4O5. The predicted molar refractivity (Wildman–Crippen MR) is 185 cm³/mol. The second-order valence-electron chi connectivity index (χ2n) is 12.2. The second kappa shape index (κ2) is 16.8. The Hall–Kier alpha value is -3.92. The van der Waals surface area contributed by atoms with E-state index in [1.54, 1.807) is 0 Å². The molecule has 252 valence electrons. The topological polar surface area (TPSA) is 134 Å². The van der Waals surface area contributed by atoms with Crippen molar-refractivity contribution < 1.29 is 24.2 Å². The van der Waals surface area contributed by atoms with Gasteiger partial charge in [0.05, 0.1) is 12.7 Å². The molecule has 1 aliphatic rings. The van der Waals surface area contributed by atoms with Gasteiger partial charge in [0.25, 0.3) is 5.91 Å². The van der Waals surface area contributed by atoms with Crippen LogP contribution in [0.3, 0.4) is 0 Å². The van der Waals surface area contributed by atoms with Crippen molar-refractivity contribution in [3.63, 3.8) is 0 Å². The Bertz CT molecular complexity index is 1560. The summed E-state index contributed by atoms with van der Waals surface area (Å²) >= 11 is 6.90. The van der Waals surface area contributed by atoms with Crippen LogP contribution in [0.25, 0.3) is 11.1 Å². The summed E-state index contributed by atoms with van der Waals surface area (Å²) in [5.41, 5.74) is 9.97. The summed E-state index contributed by atoms with van der Waals surface area (Å²) in [4.78, 5) is 39.4. The van der Waals surface area contributed by atoms with Gasteiger partial charge in [0.15, 0.2) is 0 Å². The van der Waals surface area contributed by atoms with Crippen molar-refractivity contribution in [1.29, 1.82) is 0 Å². The lowest BCUT2D eigenvalue weighted by molar-refractivity contribution is -0.118. The zero-order valence-electron chi connectivity index (χ0n) is 27.6. The number of nitrogens with zero attached hydrogens (tertiary/aromatic N) is 1. The number of nitrogens with two attached hydrogens (primary N) is 1. The normalized spacial score (nSPS) is 15.9. The highest BCUT2D eigenvalue weighted by Gasteiger charge is 2.43. The number of methoxy groups -OCH3 is 1. The average molecular weight is 663 g/mol. The summed E-state index contributed by atoms with van der Waals surface area (Å²) in [5.74, 6) is -0.876. The fourth-order valence-corrected chi connectivity index (χ4v) is 6.94. The monoisotopic (exact) mass is 662 g/mol. The average Bonchev–Trinajstić information content (AvgIpc) is 3.08. The number of hydrogen-bond donors (Lipinski definition) is 4. The molecule has 4 rings (SSSR count). The summed E-state index contributed by atoms with van der Waals surface area (Å²) in [6, 6.07) is 19.5. The first-order valence-corrected chi connectivity index (χ1v) is 16.8. The van der Waals surface area contributed by atoms with Crippen LogP contribution in [0, 0.1) is 5.92 Å². The summed E-state index contributed by atoms with van der Waals surface area (Å²) < 4.78 is 4.74. The first-order chi connectivity index (χ1) is 22.6. The fraction of sp³-hybridized carbons (Fsp3) is 0.432. The molecule has 2 atom stereocenters. The smallest absolute Gasteiger partial charge is 0.406 e. The summed E-state index contributed by atoms with van der Waals surface area (Å²) in [5, 5.41) is 19.3. The molecule has 0 spiro atoms. The maximum absolute atomic E-state index is 14.2. The first-order valence-electron chi connectivity index (χ1n) is 16.4. The quantitative estimate of drug-likeness (QED) is 0.167. The number of ether oxygens (including phenoxy) is 1. The molecule has 0 aromatic heterocycles. The number of rotatable bonds is 14. The van der Waals surface area contributed by atoms with Gasteiger partial charge in [0.2, 0.25) is 5.91 Å². The van der Waals surface area contributed by atoms with E-state index in [-0.39, 0.29) is 18.2 Å². The molecule has 1 fully saturated rings. The van der Waals surface area contributed by atoms with Crippen molar-refractivity contribution in [3.05, 3.63) is 93.5 Å². The Morgan fingerprint density at radius 3 is 2.62 bits per heavy atom. The van der Waals surface area contributed by atoms with E-state index < -0.39 is 17.6 Å². The van der Waals surface area contributed by atoms with Gasteiger partial charge in [0, 0.05) is 54.7 Å². The van der Waals surface area contributed by atoms with E-state index in [1.165, 1.54) is 7.11 Å². The number of piperidine rings is 1. The number of benzene rings is 3. The molecule has 0 saturated carbocycles. The molecule has 0 bridgehead atoms. The highest BCUT2D eigenvalue weighted by molar-refractivity contribution is 6.33. The van der Waals surface area contributed by atoms with Crippen molar-refractivity contribution in [2.24, 2.45) is 11.7 Å². The maximum Gasteiger partial charge on any atom is 0.406 e. The molecular weight excluding hydrogens is 616 g/mol. The summed E-state index contributed by atoms with van der Waals surface area (Å²) in [6.07, 6.45) is 3.03. The molecule has 5 N–H and O–H groups in total. The number of amides is 3. The van der Waals surface area contributed by atoms with Gasteiger partial charge in [0.1, 0.15) is 0 Å².